The quantitative estimate of drug-likeness (QED) is 0.580. The number of thioether (sulfide) groups is 1. The first-order chi connectivity index (χ1) is 9.15. The van der Waals surface area contributed by atoms with Crippen LogP contribution in [0.2, 0.25) is 0 Å². The minimum Gasteiger partial charge on any atom is -0.382 e. The second kappa shape index (κ2) is 9.34. The molecular weight excluding hydrogens is 328 g/mol. The Morgan fingerprint density at radius 3 is 3.11 bits per heavy atom. The molecule has 0 saturated carbocycles. The van der Waals surface area contributed by atoms with Crippen molar-refractivity contribution in [3.8, 4) is 0 Å². The number of amides is 1. The molecule has 0 radical (unpaired) electrons. The number of rotatable bonds is 8. The van der Waals surface area contributed by atoms with E-state index in [-0.39, 0.29) is 11.2 Å². The summed E-state index contributed by atoms with van der Waals surface area (Å²) in [5, 5.41) is 3.56. The summed E-state index contributed by atoms with van der Waals surface area (Å²) in [6.07, 6.45) is 2.56. The van der Waals surface area contributed by atoms with Crippen LogP contribution in [0.4, 0.5) is 0 Å². The van der Waals surface area contributed by atoms with E-state index in [0.717, 1.165) is 15.9 Å². The van der Waals surface area contributed by atoms with Crippen LogP contribution >= 0.6 is 27.7 Å². The summed E-state index contributed by atoms with van der Waals surface area (Å²) in [7, 11) is 0. The van der Waals surface area contributed by atoms with E-state index in [1.165, 1.54) is 11.8 Å². The molecule has 1 aromatic heterocycles. The van der Waals surface area contributed by atoms with Gasteiger partial charge in [0, 0.05) is 30.4 Å². The van der Waals surface area contributed by atoms with E-state index in [1.54, 1.807) is 6.20 Å². The summed E-state index contributed by atoms with van der Waals surface area (Å²) in [5.41, 5.74) is 0. The Bertz CT molecular complexity index is 404. The highest BCUT2D eigenvalue weighted by Crippen LogP contribution is 2.28. The average molecular weight is 347 g/mol. The van der Waals surface area contributed by atoms with Gasteiger partial charge in [-0.3, -0.25) is 4.79 Å². The molecule has 1 N–H and O–H groups in total. The molecule has 6 heteroatoms. The number of carbonyl (C=O) groups is 1. The fraction of sp³-hybridized carbons (Fsp3) is 0.538. The van der Waals surface area contributed by atoms with Crippen LogP contribution < -0.4 is 5.32 Å². The molecule has 0 unspecified atom stereocenters. The first kappa shape index (κ1) is 16.5. The third-order valence-corrected chi connectivity index (χ3v) is 4.37. The maximum atomic E-state index is 11.9. The number of aromatic nitrogens is 1. The molecule has 4 nitrogen and oxygen atoms in total. The average Bonchev–Trinajstić information content (AvgIpc) is 2.41. The summed E-state index contributed by atoms with van der Waals surface area (Å²) in [6.45, 7) is 5.89. The van der Waals surface area contributed by atoms with E-state index < -0.39 is 0 Å². The molecule has 0 aromatic carbocycles. The van der Waals surface area contributed by atoms with Crippen molar-refractivity contribution in [1.82, 2.24) is 10.3 Å². The van der Waals surface area contributed by atoms with Crippen LogP contribution in [-0.2, 0) is 9.53 Å². The van der Waals surface area contributed by atoms with Gasteiger partial charge in [0.05, 0.1) is 5.25 Å². The van der Waals surface area contributed by atoms with E-state index in [1.807, 2.05) is 26.0 Å². The van der Waals surface area contributed by atoms with Gasteiger partial charge in [0.25, 0.3) is 0 Å². The topological polar surface area (TPSA) is 51.2 Å². The second-order valence-electron chi connectivity index (χ2n) is 3.89. The smallest absolute Gasteiger partial charge is 0.233 e. The molecule has 19 heavy (non-hydrogen) atoms. The molecule has 0 fully saturated rings. The second-order valence-corrected chi connectivity index (χ2v) is 6.08. The molecule has 1 atom stereocenters. The zero-order valence-electron chi connectivity index (χ0n) is 11.2. The third-order valence-electron chi connectivity index (χ3n) is 2.35. The van der Waals surface area contributed by atoms with Gasteiger partial charge in [-0.25, -0.2) is 4.98 Å². The Morgan fingerprint density at radius 1 is 1.63 bits per heavy atom. The first-order valence-electron chi connectivity index (χ1n) is 6.27. The summed E-state index contributed by atoms with van der Waals surface area (Å²) >= 11 is 4.87. The normalized spacial score (nSPS) is 12.2. The lowest BCUT2D eigenvalue weighted by atomic mass is 10.4. The minimum absolute atomic E-state index is 0.0269. The van der Waals surface area contributed by atoms with E-state index in [2.05, 4.69) is 26.2 Å². The molecule has 1 rings (SSSR count). The number of hydrogen-bond donors (Lipinski definition) is 1. The Morgan fingerprint density at radius 2 is 2.42 bits per heavy atom. The van der Waals surface area contributed by atoms with Crippen LogP contribution in [-0.4, -0.2) is 35.9 Å². The first-order valence-corrected chi connectivity index (χ1v) is 7.95. The van der Waals surface area contributed by atoms with E-state index in [9.17, 15) is 4.79 Å². The van der Waals surface area contributed by atoms with Crippen LogP contribution in [0.25, 0.3) is 0 Å². The third kappa shape index (κ3) is 6.40. The summed E-state index contributed by atoms with van der Waals surface area (Å²) in [6, 6.07) is 3.77. The van der Waals surface area contributed by atoms with E-state index >= 15 is 0 Å². The van der Waals surface area contributed by atoms with Crippen molar-refractivity contribution in [2.75, 3.05) is 19.8 Å². The number of ether oxygens (including phenoxy) is 1. The lowest BCUT2D eigenvalue weighted by Gasteiger charge is -2.12. The zero-order chi connectivity index (χ0) is 14.1. The van der Waals surface area contributed by atoms with Crippen molar-refractivity contribution in [1.29, 1.82) is 0 Å². The van der Waals surface area contributed by atoms with Gasteiger partial charge in [0.1, 0.15) is 5.03 Å². The van der Waals surface area contributed by atoms with Gasteiger partial charge in [-0.1, -0.05) is 11.8 Å². The zero-order valence-corrected chi connectivity index (χ0v) is 13.6. The summed E-state index contributed by atoms with van der Waals surface area (Å²) in [4.78, 5) is 16.1. The minimum atomic E-state index is -0.168. The van der Waals surface area contributed by atoms with Gasteiger partial charge >= 0.3 is 0 Å². The maximum absolute atomic E-state index is 11.9. The van der Waals surface area contributed by atoms with Crippen molar-refractivity contribution < 1.29 is 9.53 Å². The SMILES string of the molecule is CCOCCCNC(=O)[C@@H](C)Sc1ncccc1Br. The van der Waals surface area contributed by atoms with Gasteiger partial charge < -0.3 is 10.1 Å². The highest BCUT2D eigenvalue weighted by Gasteiger charge is 2.15. The van der Waals surface area contributed by atoms with Crippen LogP contribution in [0.3, 0.4) is 0 Å². The van der Waals surface area contributed by atoms with Crippen LogP contribution in [0.5, 0.6) is 0 Å². The fourth-order valence-corrected chi connectivity index (χ4v) is 2.72. The van der Waals surface area contributed by atoms with E-state index in [0.29, 0.717) is 19.8 Å². The monoisotopic (exact) mass is 346 g/mol. The van der Waals surface area contributed by atoms with Gasteiger partial charge in [-0.2, -0.15) is 0 Å². The molecule has 1 amide bonds. The highest BCUT2D eigenvalue weighted by molar-refractivity contribution is 9.10. The number of halogens is 1. The van der Waals surface area contributed by atoms with Crippen molar-refractivity contribution in [2.45, 2.75) is 30.5 Å². The van der Waals surface area contributed by atoms with E-state index in [4.69, 9.17) is 4.74 Å². The predicted octanol–water partition coefficient (Wildman–Crippen LogP) is 2.87. The molecule has 0 spiro atoms. The highest BCUT2D eigenvalue weighted by atomic mass is 79.9. The fourth-order valence-electron chi connectivity index (χ4n) is 1.35. The number of nitrogens with one attached hydrogen (secondary N) is 1. The van der Waals surface area contributed by atoms with Crippen molar-refractivity contribution >= 4 is 33.6 Å². The molecule has 1 heterocycles. The maximum Gasteiger partial charge on any atom is 0.233 e. The van der Waals surface area contributed by atoms with Crippen LogP contribution in [0.1, 0.15) is 20.3 Å². The number of hydrogen-bond acceptors (Lipinski definition) is 4. The number of nitrogens with zero attached hydrogens (tertiary/aromatic N) is 1. The van der Waals surface area contributed by atoms with Crippen molar-refractivity contribution in [2.24, 2.45) is 0 Å². The number of carbonyl (C=O) groups excluding carboxylic acids is 1. The Hall–Kier alpha value is -0.590. The van der Waals surface area contributed by atoms with Crippen LogP contribution in [0.15, 0.2) is 27.8 Å². The lowest BCUT2D eigenvalue weighted by Crippen LogP contribution is -2.32. The summed E-state index contributed by atoms with van der Waals surface area (Å²) in [5.74, 6) is 0.0269. The van der Waals surface area contributed by atoms with Gasteiger partial charge in [0.2, 0.25) is 5.91 Å². The Balaban J connectivity index is 2.31. The van der Waals surface area contributed by atoms with Gasteiger partial charge in [-0.15, -0.1) is 0 Å². The van der Waals surface area contributed by atoms with Crippen LogP contribution in [0, 0.1) is 0 Å². The largest absolute Gasteiger partial charge is 0.382 e. The Labute approximate surface area is 126 Å². The summed E-state index contributed by atoms with van der Waals surface area (Å²) < 4.78 is 6.13. The molecule has 0 aliphatic rings. The Kier molecular flexibility index (Phi) is 8.09. The molecule has 1 aromatic rings. The molecule has 0 bridgehead atoms. The predicted molar refractivity (Wildman–Crippen MR) is 81.4 cm³/mol. The molecular formula is C13H19BrN2O2S. The molecule has 0 aliphatic heterocycles. The van der Waals surface area contributed by atoms with Gasteiger partial charge in [0.15, 0.2) is 0 Å². The van der Waals surface area contributed by atoms with Gasteiger partial charge in [-0.05, 0) is 48.3 Å². The standard InChI is InChI=1S/C13H19BrN2O2S/c1-3-18-9-5-8-15-12(17)10(2)19-13-11(14)6-4-7-16-13/h4,6-7,10H,3,5,8-9H2,1-2H3,(H,15,17)/t10-/m1/s1. The number of pyridine rings is 1. The van der Waals surface area contributed by atoms with Crippen molar-refractivity contribution in [3.05, 3.63) is 22.8 Å². The molecule has 0 saturated heterocycles. The van der Waals surface area contributed by atoms with Crippen molar-refractivity contribution in [3.63, 3.8) is 0 Å². The lowest BCUT2D eigenvalue weighted by molar-refractivity contribution is -0.120. The molecule has 0 aliphatic carbocycles. The molecule has 106 valence electrons.